The molecule has 0 spiro atoms. The second-order valence-corrected chi connectivity index (χ2v) is 3.18. The summed E-state index contributed by atoms with van der Waals surface area (Å²) in [5.74, 6) is -0.162. The predicted molar refractivity (Wildman–Crippen MR) is 50.1 cm³/mol. The molecule has 0 radical (unpaired) electrons. The highest BCUT2D eigenvalue weighted by Crippen LogP contribution is 2.12. The molecule has 1 N–H and O–H groups in total. The topological polar surface area (TPSA) is 37.3 Å². The molecular weight excluding hydrogens is 152 g/mol. The first kappa shape index (κ1) is 11.2. The quantitative estimate of drug-likeness (QED) is 0.622. The van der Waals surface area contributed by atoms with Gasteiger partial charge in [-0.2, -0.15) is 0 Å². The van der Waals surface area contributed by atoms with Crippen molar-refractivity contribution in [2.45, 2.75) is 39.5 Å². The van der Waals surface area contributed by atoms with E-state index in [0.29, 0.717) is 12.3 Å². The van der Waals surface area contributed by atoms with Crippen LogP contribution in [0.1, 0.15) is 39.5 Å². The lowest BCUT2D eigenvalue weighted by Crippen LogP contribution is -2.00. The molecule has 0 aliphatic carbocycles. The molecule has 0 rings (SSSR count). The molecule has 2 nitrogen and oxygen atoms in total. The zero-order chi connectivity index (χ0) is 9.40. The van der Waals surface area contributed by atoms with E-state index in [9.17, 15) is 4.79 Å². The van der Waals surface area contributed by atoms with Gasteiger partial charge in [0.1, 0.15) is 0 Å². The Morgan fingerprint density at radius 1 is 1.50 bits per heavy atom. The van der Waals surface area contributed by atoms with E-state index in [1.807, 2.05) is 13.0 Å². The third kappa shape index (κ3) is 7.32. The standard InChI is InChI=1S/C10H18O2/c1-3-4-5-6-9(2)7-8-10(11)12/h3-4,9H,5-8H2,1-2H3,(H,11,12)/b4-3+. The number of aliphatic carboxylic acids is 1. The zero-order valence-corrected chi connectivity index (χ0v) is 7.92. The van der Waals surface area contributed by atoms with Gasteiger partial charge in [-0.25, -0.2) is 0 Å². The molecule has 12 heavy (non-hydrogen) atoms. The normalized spacial score (nSPS) is 13.5. The Morgan fingerprint density at radius 2 is 2.17 bits per heavy atom. The maximum Gasteiger partial charge on any atom is 0.303 e. The van der Waals surface area contributed by atoms with E-state index in [2.05, 4.69) is 13.0 Å². The van der Waals surface area contributed by atoms with Crippen LogP contribution in [0.4, 0.5) is 0 Å². The number of hydrogen-bond acceptors (Lipinski definition) is 1. The monoisotopic (exact) mass is 170 g/mol. The Morgan fingerprint density at radius 3 is 2.67 bits per heavy atom. The molecule has 0 fully saturated rings. The second-order valence-electron chi connectivity index (χ2n) is 3.18. The molecular formula is C10H18O2. The van der Waals surface area contributed by atoms with Crippen LogP contribution in [0, 0.1) is 5.92 Å². The number of carboxylic acids is 1. The Bertz CT molecular complexity index is 150. The third-order valence-electron chi connectivity index (χ3n) is 1.91. The van der Waals surface area contributed by atoms with Gasteiger partial charge < -0.3 is 5.11 Å². The molecule has 2 heteroatoms. The molecule has 70 valence electrons. The number of allylic oxidation sites excluding steroid dienone is 2. The highest BCUT2D eigenvalue weighted by molar-refractivity contribution is 5.66. The van der Waals surface area contributed by atoms with E-state index in [1.54, 1.807) is 0 Å². The smallest absolute Gasteiger partial charge is 0.303 e. The second kappa shape index (κ2) is 6.89. The van der Waals surface area contributed by atoms with Crippen molar-refractivity contribution >= 4 is 5.97 Å². The molecule has 0 saturated carbocycles. The van der Waals surface area contributed by atoms with Crippen molar-refractivity contribution in [3.05, 3.63) is 12.2 Å². The molecule has 0 saturated heterocycles. The fourth-order valence-electron chi connectivity index (χ4n) is 1.06. The largest absolute Gasteiger partial charge is 0.481 e. The predicted octanol–water partition coefficient (Wildman–Crippen LogP) is 2.84. The molecule has 0 aliphatic rings. The summed E-state index contributed by atoms with van der Waals surface area (Å²) in [5, 5.41) is 8.42. The highest BCUT2D eigenvalue weighted by atomic mass is 16.4. The summed E-state index contributed by atoms with van der Waals surface area (Å²) in [4.78, 5) is 10.2. The molecule has 0 aromatic heterocycles. The lowest BCUT2D eigenvalue weighted by atomic mass is 10.00. The zero-order valence-electron chi connectivity index (χ0n) is 7.92. The van der Waals surface area contributed by atoms with E-state index in [4.69, 9.17) is 5.11 Å². The molecule has 0 aliphatic heterocycles. The van der Waals surface area contributed by atoms with Gasteiger partial charge in [-0.15, -0.1) is 0 Å². The fraction of sp³-hybridized carbons (Fsp3) is 0.700. The average Bonchev–Trinajstić information content (AvgIpc) is 2.01. The number of hydrogen-bond donors (Lipinski definition) is 1. The Labute approximate surface area is 74.3 Å². The van der Waals surface area contributed by atoms with E-state index in [-0.39, 0.29) is 0 Å². The SMILES string of the molecule is C/C=C/CCC(C)CCC(=O)O. The van der Waals surface area contributed by atoms with E-state index < -0.39 is 5.97 Å². The van der Waals surface area contributed by atoms with E-state index in [1.165, 1.54) is 0 Å². The average molecular weight is 170 g/mol. The van der Waals surface area contributed by atoms with Gasteiger partial charge >= 0.3 is 5.97 Å². The minimum absolute atomic E-state index is 0.303. The Hall–Kier alpha value is -0.790. The summed E-state index contributed by atoms with van der Waals surface area (Å²) < 4.78 is 0. The van der Waals surface area contributed by atoms with Gasteiger partial charge in [-0.3, -0.25) is 4.79 Å². The lowest BCUT2D eigenvalue weighted by molar-refractivity contribution is -0.137. The van der Waals surface area contributed by atoms with Crippen molar-refractivity contribution in [3.8, 4) is 0 Å². The molecule has 0 bridgehead atoms. The maximum absolute atomic E-state index is 10.2. The lowest BCUT2D eigenvalue weighted by Gasteiger charge is -2.06. The molecule has 0 amide bonds. The minimum atomic E-state index is -0.687. The van der Waals surface area contributed by atoms with Gasteiger partial charge in [0.15, 0.2) is 0 Å². The van der Waals surface area contributed by atoms with Crippen LogP contribution >= 0.6 is 0 Å². The summed E-state index contributed by atoms with van der Waals surface area (Å²) in [7, 11) is 0. The van der Waals surface area contributed by atoms with Crippen LogP contribution in [0.3, 0.4) is 0 Å². The molecule has 1 unspecified atom stereocenters. The van der Waals surface area contributed by atoms with Crippen molar-refractivity contribution in [1.29, 1.82) is 0 Å². The number of carbonyl (C=O) groups is 1. The summed E-state index contributed by atoms with van der Waals surface area (Å²) in [6, 6.07) is 0. The Balaban J connectivity index is 3.33. The van der Waals surface area contributed by atoms with Crippen molar-refractivity contribution in [3.63, 3.8) is 0 Å². The third-order valence-corrected chi connectivity index (χ3v) is 1.91. The summed E-state index contributed by atoms with van der Waals surface area (Å²) in [6.07, 6.45) is 7.42. The molecule has 1 atom stereocenters. The van der Waals surface area contributed by atoms with Crippen LogP contribution in [0.5, 0.6) is 0 Å². The van der Waals surface area contributed by atoms with Crippen molar-refractivity contribution in [2.75, 3.05) is 0 Å². The van der Waals surface area contributed by atoms with Crippen LogP contribution in [0.2, 0.25) is 0 Å². The van der Waals surface area contributed by atoms with Crippen LogP contribution in [-0.4, -0.2) is 11.1 Å². The van der Waals surface area contributed by atoms with Gasteiger partial charge in [0.25, 0.3) is 0 Å². The van der Waals surface area contributed by atoms with E-state index >= 15 is 0 Å². The Kier molecular flexibility index (Phi) is 6.44. The van der Waals surface area contributed by atoms with Gasteiger partial charge in [0.2, 0.25) is 0 Å². The first-order valence-electron chi connectivity index (χ1n) is 4.49. The number of carboxylic acid groups (broad SMARTS) is 1. The molecule has 0 aromatic rings. The fourth-order valence-corrected chi connectivity index (χ4v) is 1.06. The molecule has 0 aromatic carbocycles. The van der Waals surface area contributed by atoms with Gasteiger partial charge in [0.05, 0.1) is 0 Å². The minimum Gasteiger partial charge on any atom is -0.481 e. The summed E-state index contributed by atoms with van der Waals surface area (Å²) >= 11 is 0. The maximum atomic E-state index is 10.2. The summed E-state index contributed by atoms with van der Waals surface area (Å²) in [6.45, 7) is 4.11. The molecule has 0 heterocycles. The van der Waals surface area contributed by atoms with Crippen LogP contribution in [-0.2, 0) is 4.79 Å². The van der Waals surface area contributed by atoms with Crippen molar-refractivity contribution in [1.82, 2.24) is 0 Å². The van der Waals surface area contributed by atoms with Gasteiger partial charge in [0, 0.05) is 6.42 Å². The first-order chi connectivity index (χ1) is 5.66. The van der Waals surface area contributed by atoms with Crippen molar-refractivity contribution < 1.29 is 9.90 Å². The van der Waals surface area contributed by atoms with E-state index in [0.717, 1.165) is 19.3 Å². The van der Waals surface area contributed by atoms with Crippen LogP contribution in [0.15, 0.2) is 12.2 Å². The van der Waals surface area contributed by atoms with Gasteiger partial charge in [-0.05, 0) is 32.1 Å². The number of rotatable bonds is 6. The summed E-state index contributed by atoms with van der Waals surface area (Å²) in [5.41, 5.74) is 0. The first-order valence-corrected chi connectivity index (χ1v) is 4.49. The van der Waals surface area contributed by atoms with Crippen LogP contribution in [0.25, 0.3) is 0 Å². The van der Waals surface area contributed by atoms with Crippen LogP contribution < -0.4 is 0 Å². The highest BCUT2D eigenvalue weighted by Gasteiger charge is 2.03. The van der Waals surface area contributed by atoms with Gasteiger partial charge in [-0.1, -0.05) is 19.1 Å². The van der Waals surface area contributed by atoms with Crippen molar-refractivity contribution in [2.24, 2.45) is 5.92 Å².